The lowest BCUT2D eigenvalue weighted by molar-refractivity contribution is -0.114. The van der Waals surface area contributed by atoms with Crippen LogP contribution in [0.4, 0.5) is 0 Å². The zero-order chi connectivity index (χ0) is 13.2. The molecule has 0 unspecified atom stereocenters. The minimum atomic E-state index is -0.478. The molecule has 96 valence electrons. The zero-order valence-electron chi connectivity index (χ0n) is 9.67. The van der Waals surface area contributed by atoms with E-state index in [1.54, 1.807) is 24.4 Å². The van der Waals surface area contributed by atoms with Crippen molar-refractivity contribution in [2.75, 3.05) is 13.1 Å². The van der Waals surface area contributed by atoms with Gasteiger partial charge in [0.2, 0.25) is 0 Å². The predicted molar refractivity (Wildman–Crippen MR) is 64.5 cm³/mol. The second kappa shape index (κ2) is 7.77. The summed E-state index contributed by atoms with van der Waals surface area (Å²) < 4.78 is 0. The van der Waals surface area contributed by atoms with Crippen LogP contribution < -0.4 is 10.6 Å². The molecule has 0 spiro atoms. The van der Waals surface area contributed by atoms with Gasteiger partial charge in [0.15, 0.2) is 0 Å². The van der Waals surface area contributed by atoms with E-state index in [1.807, 2.05) is 0 Å². The van der Waals surface area contributed by atoms with Crippen LogP contribution in [0.3, 0.4) is 0 Å². The Morgan fingerprint density at radius 2 is 2.11 bits per heavy atom. The smallest absolute Gasteiger partial charge is 0.269 e. The maximum atomic E-state index is 11.5. The van der Waals surface area contributed by atoms with Crippen molar-refractivity contribution >= 4 is 18.0 Å². The molecule has 1 aromatic heterocycles. The molecule has 0 aliphatic rings. The summed E-state index contributed by atoms with van der Waals surface area (Å²) in [5, 5.41) is 15.8. The van der Waals surface area contributed by atoms with Crippen LogP contribution >= 0.6 is 0 Å². The fourth-order valence-corrected chi connectivity index (χ4v) is 1.19. The highest BCUT2D eigenvalue weighted by Crippen LogP contribution is 1.92. The first-order valence-electron chi connectivity index (χ1n) is 5.38. The van der Waals surface area contributed by atoms with Crippen molar-refractivity contribution in [1.82, 2.24) is 15.6 Å². The third-order valence-corrected chi connectivity index (χ3v) is 2.01. The molecule has 7 heteroatoms. The quantitative estimate of drug-likeness (QED) is 0.281. The van der Waals surface area contributed by atoms with E-state index in [1.165, 1.54) is 0 Å². The molecular weight excluding hydrogens is 236 g/mol. The molecule has 0 atom stereocenters. The Balaban J connectivity index is 2.15. The molecule has 0 radical (unpaired) electrons. The molecule has 0 aromatic carbocycles. The molecule has 0 aliphatic heterocycles. The monoisotopic (exact) mass is 250 g/mol. The molecule has 3 N–H and O–H groups in total. The van der Waals surface area contributed by atoms with Gasteiger partial charge in [0.25, 0.3) is 11.8 Å². The van der Waals surface area contributed by atoms with Crippen LogP contribution in [0.5, 0.6) is 0 Å². The second-order valence-corrected chi connectivity index (χ2v) is 3.36. The van der Waals surface area contributed by atoms with Gasteiger partial charge in [-0.05, 0) is 18.6 Å². The summed E-state index contributed by atoms with van der Waals surface area (Å²) in [5.74, 6) is -0.729. The van der Waals surface area contributed by atoms with Gasteiger partial charge in [-0.2, -0.15) is 0 Å². The SMILES string of the molecule is O=C(/C=N/O)NCCCNC(=O)c1ccccn1. The third-order valence-electron chi connectivity index (χ3n) is 2.01. The van der Waals surface area contributed by atoms with E-state index < -0.39 is 5.91 Å². The number of carbonyl (C=O) groups excluding carboxylic acids is 2. The fraction of sp³-hybridized carbons (Fsp3) is 0.273. The normalized spacial score (nSPS) is 10.2. The second-order valence-electron chi connectivity index (χ2n) is 3.36. The topological polar surface area (TPSA) is 104 Å². The Morgan fingerprint density at radius 3 is 2.78 bits per heavy atom. The summed E-state index contributed by atoms with van der Waals surface area (Å²) >= 11 is 0. The number of oxime groups is 1. The first-order valence-corrected chi connectivity index (χ1v) is 5.38. The molecule has 2 amide bonds. The van der Waals surface area contributed by atoms with Gasteiger partial charge in [-0.25, -0.2) is 0 Å². The molecule has 0 aliphatic carbocycles. The fourth-order valence-electron chi connectivity index (χ4n) is 1.19. The Bertz CT molecular complexity index is 420. The Labute approximate surface area is 104 Å². The summed E-state index contributed by atoms with van der Waals surface area (Å²) in [7, 11) is 0. The summed E-state index contributed by atoms with van der Waals surface area (Å²) in [6.45, 7) is 0.805. The largest absolute Gasteiger partial charge is 0.411 e. The number of nitrogens with one attached hydrogen (secondary N) is 2. The molecule has 1 heterocycles. The van der Waals surface area contributed by atoms with Crippen molar-refractivity contribution < 1.29 is 14.8 Å². The predicted octanol–water partition coefficient (Wildman–Crippen LogP) is -0.222. The maximum Gasteiger partial charge on any atom is 0.269 e. The van der Waals surface area contributed by atoms with Crippen LogP contribution in [-0.2, 0) is 4.79 Å². The van der Waals surface area contributed by atoms with E-state index in [0.717, 1.165) is 6.21 Å². The zero-order valence-corrected chi connectivity index (χ0v) is 9.67. The highest BCUT2D eigenvalue weighted by Gasteiger charge is 2.04. The van der Waals surface area contributed by atoms with Gasteiger partial charge in [-0.3, -0.25) is 14.6 Å². The standard InChI is InChI=1S/C11H14N4O3/c16-10(8-15-18)13-6-3-7-14-11(17)9-4-1-2-5-12-9/h1-2,4-5,8,18H,3,6-7H2,(H,13,16)(H,14,17)/b15-8+. The lowest BCUT2D eigenvalue weighted by Gasteiger charge is -2.04. The number of nitrogens with zero attached hydrogens (tertiary/aromatic N) is 2. The third kappa shape index (κ3) is 5.06. The van der Waals surface area contributed by atoms with Crippen molar-refractivity contribution in [1.29, 1.82) is 0 Å². The minimum Gasteiger partial charge on any atom is -0.411 e. The van der Waals surface area contributed by atoms with Crippen LogP contribution in [0, 0.1) is 0 Å². The lowest BCUT2D eigenvalue weighted by Crippen LogP contribution is -2.30. The van der Waals surface area contributed by atoms with Gasteiger partial charge in [0.1, 0.15) is 11.9 Å². The van der Waals surface area contributed by atoms with Gasteiger partial charge in [-0.15, -0.1) is 0 Å². The summed E-state index contributed by atoms with van der Waals surface area (Å²) in [5.41, 5.74) is 0.356. The first-order chi connectivity index (χ1) is 8.74. The van der Waals surface area contributed by atoms with Crippen LogP contribution in [0.2, 0.25) is 0 Å². The summed E-state index contributed by atoms with van der Waals surface area (Å²) in [6.07, 6.45) is 2.89. The Morgan fingerprint density at radius 1 is 1.33 bits per heavy atom. The average molecular weight is 250 g/mol. The van der Waals surface area contributed by atoms with Gasteiger partial charge < -0.3 is 15.8 Å². The highest BCUT2D eigenvalue weighted by molar-refractivity contribution is 6.25. The molecule has 0 bridgehead atoms. The van der Waals surface area contributed by atoms with Gasteiger partial charge in [-0.1, -0.05) is 11.2 Å². The summed E-state index contributed by atoms with van der Waals surface area (Å²) in [6, 6.07) is 5.08. The first kappa shape index (κ1) is 13.6. The minimum absolute atomic E-state index is 0.251. The Kier molecular flexibility index (Phi) is 5.88. The Hall–Kier alpha value is -2.44. The highest BCUT2D eigenvalue weighted by atomic mass is 16.4. The molecule has 1 rings (SSSR count). The van der Waals surface area contributed by atoms with Crippen molar-refractivity contribution in [2.45, 2.75) is 6.42 Å². The number of amides is 2. The van der Waals surface area contributed by atoms with E-state index in [4.69, 9.17) is 5.21 Å². The molecule has 7 nitrogen and oxygen atoms in total. The molecular formula is C11H14N4O3. The molecule has 0 saturated heterocycles. The number of aromatic nitrogens is 1. The molecule has 0 fully saturated rings. The summed E-state index contributed by atoms with van der Waals surface area (Å²) in [4.78, 5) is 26.3. The van der Waals surface area contributed by atoms with E-state index in [0.29, 0.717) is 25.2 Å². The van der Waals surface area contributed by atoms with Crippen molar-refractivity contribution in [3.8, 4) is 0 Å². The molecule has 18 heavy (non-hydrogen) atoms. The van der Waals surface area contributed by atoms with Crippen LogP contribution in [0.25, 0.3) is 0 Å². The van der Waals surface area contributed by atoms with Crippen LogP contribution in [0.15, 0.2) is 29.6 Å². The van der Waals surface area contributed by atoms with Gasteiger partial charge >= 0.3 is 0 Å². The van der Waals surface area contributed by atoms with Crippen molar-refractivity contribution in [3.63, 3.8) is 0 Å². The average Bonchev–Trinajstić information content (AvgIpc) is 2.39. The lowest BCUT2D eigenvalue weighted by atomic mass is 10.3. The van der Waals surface area contributed by atoms with E-state index in [9.17, 15) is 9.59 Å². The van der Waals surface area contributed by atoms with Crippen molar-refractivity contribution in [3.05, 3.63) is 30.1 Å². The maximum absolute atomic E-state index is 11.5. The number of pyridine rings is 1. The van der Waals surface area contributed by atoms with Gasteiger partial charge in [0.05, 0.1) is 0 Å². The molecule has 1 aromatic rings. The van der Waals surface area contributed by atoms with E-state index in [-0.39, 0.29) is 5.91 Å². The number of hydrogen-bond acceptors (Lipinski definition) is 5. The number of rotatable bonds is 6. The van der Waals surface area contributed by atoms with E-state index >= 15 is 0 Å². The number of carbonyl (C=O) groups is 2. The number of hydrogen-bond donors (Lipinski definition) is 3. The van der Waals surface area contributed by atoms with E-state index in [2.05, 4.69) is 20.8 Å². The van der Waals surface area contributed by atoms with Crippen LogP contribution in [-0.4, -0.2) is 41.3 Å². The van der Waals surface area contributed by atoms with Crippen LogP contribution in [0.1, 0.15) is 16.9 Å². The van der Waals surface area contributed by atoms with Crippen molar-refractivity contribution in [2.24, 2.45) is 5.16 Å². The van der Waals surface area contributed by atoms with Gasteiger partial charge in [0, 0.05) is 19.3 Å². The molecule has 0 saturated carbocycles.